The minimum Gasteiger partial charge on any atom is -0.338 e. The molecule has 1 aromatic rings. The van der Waals surface area contributed by atoms with E-state index in [2.05, 4.69) is 15.9 Å². The van der Waals surface area contributed by atoms with E-state index in [4.69, 9.17) is 5.73 Å². The zero-order valence-electron chi connectivity index (χ0n) is 9.73. The van der Waals surface area contributed by atoms with E-state index in [1.165, 1.54) is 12.1 Å². The van der Waals surface area contributed by atoms with Crippen LogP contribution in [0, 0.1) is 5.82 Å². The second kappa shape index (κ2) is 6.50. The van der Waals surface area contributed by atoms with Crippen LogP contribution in [0.1, 0.15) is 23.2 Å². The van der Waals surface area contributed by atoms with Crippen molar-refractivity contribution >= 4 is 34.2 Å². The van der Waals surface area contributed by atoms with Crippen LogP contribution in [0.25, 0.3) is 0 Å². The largest absolute Gasteiger partial charge is 0.338 e. The first-order chi connectivity index (χ1) is 8.08. The molecule has 18 heavy (non-hydrogen) atoms. The molecule has 100 valence electrons. The van der Waals surface area contributed by atoms with E-state index in [0.29, 0.717) is 17.6 Å². The van der Waals surface area contributed by atoms with E-state index in [1.807, 2.05) is 0 Å². The maximum atomic E-state index is 13.6. The van der Waals surface area contributed by atoms with Gasteiger partial charge in [-0.2, -0.15) is 0 Å². The first kappa shape index (κ1) is 15.4. The number of amides is 1. The van der Waals surface area contributed by atoms with E-state index in [0.717, 1.165) is 12.8 Å². The molecule has 0 radical (unpaired) electrons. The van der Waals surface area contributed by atoms with Gasteiger partial charge in [-0.05, 0) is 31.0 Å². The Bertz CT molecular complexity index is 436. The average molecular weight is 338 g/mol. The Morgan fingerprint density at radius 1 is 1.39 bits per heavy atom. The number of nitrogens with zero attached hydrogens (tertiary/aromatic N) is 1. The van der Waals surface area contributed by atoms with E-state index in [9.17, 15) is 9.18 Å². The number of piperidine rings is 1. The monoisotopic (exact) mass is 336 g/mol. The van der Waals surface area contributed by atoms with Crippen LogP contribution in [-0.4, -0.2) is 29.9 Å². The van der Waals surface area contributed by atoms with Crippen LogP contribution in [0.3, 0.4) is 0 Å². The highest BCUT2D eigenvalue weighted by molar-refractivity contribution is 9.10. The highest BCUT2D eigenvalue weighted by atomic mass is 79.9. The third kappa shape index (κ3) is 3.43. The fraction of sp³-hybridized carbons (Fsp3) is 0.417. The number of benzene rings is 1. The predicted octanol–water partition coefficient (Wildman–Crippen LogP) is 2.57. The molecule has 0 unspecified atom stereocenters. The summed E-state index contributed by atoms with van der Waals surface area (Å²) < 4.78 is 14.3. The molecular weight excluding hydrogens is 323 g/mol. The van der Waals surface area contributed by atoms with Crippen LogP contribution < -0.4 is 5.73 Å². The third-order valence-corrected chi connectivity index (χ3v) is 3.48. The molecule has 0 saturated carbocycles. The summed E-state index contributed by atoms with van der Waals surface area (Å²) in [4.78, 5) is 13.7. The standard InChI is InChI=1S/C12H14BrFN2O.ClH/c13-8-1-2-10(11(14)7-8)12(17)16-5-3-9(15)4-6-16;/h1-2,7,9H,3-6,15H2;1H. The van der Waals surface area contributed by atoms with Crippen molar-refractivity contribution in [3.05, 3.63) is 34.1 Å². The first-order valence-corrected chi connectivity index (χ1v) is 6.37. The third-order valence-electron chi connectivity index (χ3n) is 2.99. The van der Waals surface area contributed by atoms with Crippen LogP contribution in [0.4, 0.5) is 4.39 Å². The first-order valence-electron chi connectivity index (χ1n) is 5.58. The molecule has 0 bridgehead atoms. The molecule has 1 saturated heterocycles. The zero-order chi connectivity index (χ0) is 12.4. The summed E-state index contributed by atoms with van der Waals surface area (Å²) in [7, 11) is 0. The minimum absolute atomic E-state index is 0. The summed E-state index contributed by atoms with van der Waals surface area (Å²) in [5, 5.41) is 0. The van der Waals surface area contributed by atoms with Crippen molar-refractivity contribution in [3.63, 3.8) is 0 Å². The van der Waals surface area contributed by atoms with Crippen molar-refractivity contribution in [2.24, 2.45) is 5.73 Å². The summed E-state index contributed by atoms with van der Waals surface area (Å²) >= 11 is 3.17. The molecule has 1 amide bonds. The molecular formula is C12H15BrClFN2O. The van der Waals surface area contributed by atoms with Crippen LogP contribution in [0.15, 0.2) is 22.7 Å². The van der Waals surface area contributed by atoms with E-state index >= 15 is 0 Å². The highest BCUT2D eigenvalue weighted by Gasteiger charge is 2.23. The van der Waals surface area contributed by atoms with E-state index in [1.54, 1.807) is 11.0 Å². The number of hydrogen-bond donors (Lipinski definition) is 1. The Balaban J connectivity index is 0.00000162. The minimum atomic E-state index is -0.487. The predicted molar refractivity (Wildman–Crippen MR) is 74.5 cm³/mol. The lowest BCUT2D eigenvalue weighted by Gasteiger charge is -2.30. The fourth-order valence-corrected chi connectivity index (χ4v) is 2.27. The van der Waals surface area contributed by atoms with Gasteiger partial charge in [0.05, 0.1) is 5.56 Å². The molecule has 2 rings (SSSR count). The Kier molecular flexibility index (Phi) is 5.56. The normalized spacial score (nSPS) is 16.3. The van der Waals surface area contributed by atoms with E-state index in [-0.39, 0.29) is 29.9 Å². The smallest absolute Gasteiger partial charge is 0.256 e. The van der Waals surface area contributed by atoms with Gasteiger partial charge in [-0.25, -0.2) is 4.39 Å². The Morgan fingerprint density at radius 2 is 2.00 bits per heavy atom. The summed E-state index contributed by atoms with van der Waals surface area (Å²) in [5.41, 5.74) is 5.90. The molecule has 3 nitrogen and oxygen atoms in total. The Morgan fingerprint density at radius 3 is 2.56 bits per heavy atom. The van der Waals surface area contributed by atoms with Crippen LogP contribution >= 0.6 is 28.3 Å². The van der Waals surface area contributed by atoms with Crippen molar-refractivity contribution in [3.8, 4) is 0 Å². The van der Waals surface area contributed by atoms with E-state index < -0.39 is 5.82 Å². The molecule has 1 fully saturated rings. The quantitative estimate of drug-likeness (QED) is 0.856. The Hall–Kier alpha value is -0.650. The molecule has 0 aromatic heterocycles. The maximum absolute atomic E-state index is 13.6. The number of carbonyl (C=O) groups excluding carboxylic acids is 1. The number of hydrogen-bond acceptors (Lipinski definition) is 2. The van der Waals surface area contributed by atoms with Gasteiger partial charge in [0.25, 0.3) is 5.91 Å². The highest BCUT2D eigenvalue weighted by Crippen LogP contribution is 2.18. The van der Waals surface area contributed by atoms with Gasteiger partial charge in [0.15, 0.2) is 0 Å². The second-order valence-corrected chi connectivity index (χ2v) is 5.17. The molecule has 1 heterocycles. The van der Waals surface area contributed by atoms with Gasteiger partial charge in [-0.3, -0.25) is 4.79 Å². The van der Waals surface area contributed by atoms with Gasteiger partial charge in [-0.1, -0.05) is 15.9 Å². The van der Waals surface area contributed by atoms with Crippen molar-refractivity contribution in [2.75, 3.05) is 13.1 Å². The summed E-state index contributed by atoms with van der Waals surface area (Å²) in [6, 6.07) is 4.65. The molecule has 1 aliphatic heterocycles. The topological polar surface area (TPSA) is 46.3 Å². The fourth-order valence-electron chi connectivity index (χ4n) is 1.94. The zero-order valence-corrected chi connectivity index (χ0v) is 12.1. The average Bonchev–Trinajstić information content (AvgIpc) is 2.29. The molecule has 1 aliphatic rings. The molecule has 2 N–H and O–H groups in total. The number of nitrogens with two attached hydrogens (primary N) is 1. The number of carbonyl (C=O) groups is 1. The van der Waals surface area contributed by atoms with Gasteiger partial charge in [0.2, 0.25) is 0 Å². The van der Waals surface area contributed by atoms with Gasteiger partial charge in [-0.15, -0.1) is 12.4 Å². The van der Waals surface area contributed by atoms with Crippen LogP contribution in [-0.2, 0) is 0 Å². The molecule has 0 aliphatic carbocycles. The van der Waals surface area contributed by atoms with Crippen LogP contribution in [0.2, 0.25) is 0 Å². The second-order valence-electron chi connectivity index (χ2n) is 4.25. The number of halogens is 3. The lowest BCUT2D eigenvalue weighted by Crippen LogP contribution is -2.43. The molecule has 0 spiro atoms. The van der Waals surface area contributed by atoms with Crippen molar-refractivity contribution in [1.29, 1.82) is 0 Å². The van der Waals surface area contributed by atoms with Gasteiger partial charge < -0.3 is 10.6 Å². The summed E-state index contributed by atoms with van der Waals surface area (Å²) in [5.74, 6) is -0.735. The summed E-state index contributed by atoms with van der Waals surface area (Å²) in [6.45, 7) is 1.21. The van der Waals surface area contributed by atoms with Crippen molar-refractivity contribution < 1.29 is 9.18 Å². The number of likely N-dealkylation sites (tertiary alicyclic amines) is 1. The lowest BCUT2D eigenvalue weighted by molar-refractivity contribution is 0.0710. The molecule has 6 heteroatoms. The molecule has 0 atom stereocenters. The van der Waals surface area contributed by atoms with Gasteiger partial charge >= 0.3 is 0 Å². The van der Waals surface area contributed by atoms with Crippen molar-refractivity contribution in [2.45, 2.75) is 18.9 Å². The SMILES string of the molecule is Cl.NC1CCN(C(=O)c2ccc(Br)cc2F)CC1. The lowest BCUT2D eigenvalue weighted by atomic mass is 10.0. The number of rotatable bonds is 1. The Labute approximate surface area is 120 Å². The summed E-state index contributed by atoms with van der Waals surface area (Å²) in [6.07, 6.45) is 1.56. The van der Waals surface area contributed by atoms with Gasteiger partial charge in [0.1, 0.15) is 5.82 Å². The van der Waals surface area contributed by atoms with Crippen molar-refractivity contribution in [1.82, 2.24) is 4.90 Å². The molecule has 1 aromatic carbocycles. The maximum Gasteiger partial charge on any atom is 0.256 e. The van der Waals surface area contributed by atoms with Gasteiger partial charge in [0, 0.05) is 23.6 Å². The van der Waals surface area contributed by atoms with Crippen LogP contribution in [0.5, 0.6) is 0 Å².